The average Bonchev–Trinajstić information content (AvgIpc) is 2.74. The number of halogens is 2. The summed E-state index contributed by atoms with van der Waals surface area (Å²) in [5.41, 5.74) is 5.96. The van der Waals surface area contributed by atoms with Gasteiger partial charge in [-0.05, 0) is 37.6 Å². The van der Waals surface area contributed by atoms with Crippen LogP contribution in [0.15, 0.2) is 11.4 Å². The fraction of sp³-hybridized carbons (Fsp3) is 0.583. The van der Waals surface area contributed by atoms with E-state index in [0.717, 1.165) is 25.8 Å². The van der Waals surface area contributed by atoms with Crippen LogP contribution >= 0.6 is 35.3 Å². The maximum atomic E-state index is 12.4. The summed E-state index contributed by atoms with van der Waals surface area (Å²) >= 11 is 7.41. The molecule has 1 aromatic heterocycles. The standard InChI is InChI=1S/C12H17ClN2OS.ClH/c1-8(14)10-4-2-3-6-15(10)12(16)11-9(13)5-7-17-11;/h5,7-8,10H,2-4,6,14H2,1H3;1H. The molecule has 0 radical (unpaired) electrons. The first-order valence-electron chi connectivity index (χ1n) is 5.91. The minimum atomic E-state index is 0. The first-order valence-corrected chi connectivity index (χ1v) is 7.16. The molecule has 0 aromatic carbocycles. The molecule has 0 saturated carbocycles. The van der Waals surface area contributed by atoms with Crippen molar-refractivity contribution in [2.45, 2.75) is 38.3 Å². The Morgan fingerprint density at radius 3 is 2.89 bits per heavy atom. The van der Waals surface area contributed by atoms with Gasteiger partial charge in [-0.2, -0.15) is 0 Å². The zero-order valence-corrected chi connectivity index (χ0v) is 12.7. The Balaban J connectivity index is 0.00000162. The van der Waals surface area contributed by atoms with Crippen LogP contribution < -0.4 is 5.73 Å². The Bertz CT molecular complexity index is 409. The molecule has 2 unspecified atom stereocenters. The Morgan fingerprint density at radius 2 is 2.33 bits per heavy atom. The van der Waals surface area contributed by atoms with Gasteiger partial charge in [0.15, 0.2) is 0 Å². The highest BCUT2D eigenvalue weighted by Crippen LogP contribution is 2.27. The van der Waals surface area contributed by atoms with E-state index < -0.39 is 0 Å². The molecular weight excluding hydrogens is 291 g/mol. The van der Waals surface area contributed by atoms with E-state index in [1.54, 1.807) is 6.07 Å². The van der Waals surface area contributed by atoms with Crippen molar-refractivity contribution >= 4 is 41.3 Å². The Kier molecular flexibility index (Phi) is 5.92. The lowest BCUT2D eigenvalue weighted by Gasteiger charge is -2.37. The van der Waals surface area contributed by atoms with Crippen LogP contribution in [0.2, 0.25) is 5.02 Å². The lowest BCUT2D eigenvalue weighted by Crippen LogP contribution is -2.51. The molecule has 1 aliphatic heterocycles. The van der Waals surface area contributed by atoms with Crippen molar-refractivity contribution in [1.82, 2.24) is 4.90 Å². The van der Waals surface area contributed by atoms with Gasteiger partial charge in [0.05, 0.1) is 5.02 Å². The maximum Gasteiger partial charge on any atom is 0.265 e. The minimum absolute atomic E-state index is 0. The Hall–Kier alpha value is -0.290. The van der Waals surface area contributed by atoms with Crippen LogP contribution in [0.25, 0.3) is 0 Å². The van der Waals surface area contributed by atoms with Crippen LogP contribution in [0, 0.1) is 0 Å². The van der Waals surface area contributed by atoms with Crippen molar-refractivity contribution in [3.05, 3.63) is 21.3 Å². The predicted molar refractivity (Wildman–Crippen MR) is 78.9 cm³/mol. The molecule has 18 heavy (non-hydrogen) atoms. The monoisotopic (exact) mass is 308 g/mol. The van der Waals surface area contributed by atoms with Gasteiger partial charge in [0, 0.05) is 18.6 Å². The number of nitrogens with zero attached hydrogens (tertiary/aromatic N) is 1. The number of rotatable bonds is 2. The molecule has 3 nitrogen and oxygen atoms in total. The lowest BCUT2D eigenvalue weighted by atomic mass is 9.97. The van der Waals surface area contributed by atoms with Crippen LogP contribution in [0.4, 0.5) is 0 Å². The summed E-state index contributed by atoms with van der Waals surface area (Å²) in [6.45, 7) is 2.76. The van der Waals surface area contributed by atoms with Crippen molar-refractivity contribution in [2.75, 3.05) is 6.54 Å². The number of amides is 1. The van der Waals surface area contributed by atoms with Crippen molar-refractivity contribution in [3.8, 4) is 0 Å². The SMILES string of the molecule is CC(N)C1CCCCN1C(=O)c1sccc1Cl.Cl. The molecule has 1 aliphatic rings. The molecule has 0 aliphatic carbocycles. The van der Waals surface area contributed by atoms with Crippen molar-refractivity contribution in [2.24, 2.45) is 5.73 Å². The largest absolute Gasteiger partial charge is 0.333 e. The molecule has 2 heterocycles. The number of carbonyl (C=O) groups is 1. The summed E-state index contributed by atoms with van der Waals surface area (Å²) in [5, 5.41) is 2.40. The second-order valence-electron chi connectivity index (χ2n) is 4.52. The number of hydrogen-bond donors (Lipinski definition) is 1. The molecule has 2 N–H and O–H groups in total. The number of piperidine rings is 1. The molecule has 1 amide bonds. The maximum absolute atomic E-state index is 12.4. The highest BCUT2D eigenvalue weighted by Gasteiger charge is 2.31. The first-order chi connectivity index (χ1) is 8.11. The van der Waals surface area contributed by atoms with Crippen LogP contribution in [-0.4, -0.2) is 29.4 Å². The fourth-order valence-corrected chi connectivity index (χ4v) is 3.42. The molecule has 0 bridgehead atoms. The van der Waals surface area contributed by atoms with E-state index in [0.29, 0.717) is 9.90 Å². The van der Waals surface area contributed by atoms with Gasteiger partial charge in [-0.3, -0.25) is 4.79 Å². The van der Waals surface area contributed by atoms with Gasteiger partial charge in [0.25, 0.3) is 5.91 Å². The third-order valence-corrected chi connectivity index (χ3v) is 4.56. The van der Waals surface area contributed by atoms with Gasteiger partial charge in [-0.15, -0.1) is 23.7 Å². The first kappa shape index (κ1) is 15.8. The molecule has 0 spiro atoms. The van der Waals surface area contributed by atoms with Gasteiger partial charge in [0.1, 0.15) is 4.88 Å². The molecular formula is C12H18Cl2N2OS. The lowest BCUT2D eigenvalue weighted by molar-refractivity contribution is 0.0589. The summed E-state index contributed by atoms with van der Waals surface area (Å²) in [6, 6.07) is 1.93. The summed E-state index contributed by atoms with van der Waals surface area (Å²) in [7, 11) is 0. The fourth-order valence-electron chi connectivity index (χ4n) is 2.33. The van der Waals surface area contributed by atoms with Gasteiger partial charge in [-0.1, -0.05) is 11.6 Å². The van der Waals surface area contributed by atoms with Gasteiger partial charge >= 0.3 is 0 Å². The summed E-state index contributed by atoms with van der Waals surface area (Å²) in [6.07, 6.45) is 3.19. The van der Waals surface area contributed by atoms with Crippen molar-refractivity contribution < 1.29 is 4.79 Å². The van der Waals surface area contributed by atoms with Crippen LogP contribution in [0.3, 0.4) is 0 Å². The molecule has 2 rings (SSSR count). The number of likely N-dealkylation sites (tertiary alicyclic amines) is 1. The molecule has 1 aromatic rings. The molecule has 1 fully saturated rings. The smallest absolute Gasteiger partial charge is 0.265 e. The van der Waals surface area contributed by atoms with Crippen molar-refractivity contribution in [1.29, 1.82) is 0 Å². The van der Waals surface area contributed by atoms with E-state index in [-0.39, 0.29) is 30.4 Å². The van der Waals surface area contributed by atoms with E-state index >= 15 is 0 Å². The molecule has 6 heteroatoms. The Morgan fingerprint density at radius 1 is 1.61 bits per heavy atom. The number of thiophene rings is 1. The minimum Gasteiger partial charge on any atom is -0.333 e. The summed E-state index contributed by atoms with van der Waals surface area (Å²) in [4.78, 5) is 14.9. The van der Waals surface area contributed by atoms with Crippen LogP contribution in [0.5, 0.6) is 0 Å². The van der Waals surface area contributed by atoms with Crippen LogP contribution in [0.1, 0.15) is 35.9 Å². The number of nitrogens with two attached hydrogens (primary N) is 1. The predicted octanol–water partition coefficient (Wildman–Crippen LogP) is 3.17. The van der Waals surface area contributed by atoms with Gasteiger partial charge < -0.3 is 10.6 Å². The van der Waals surface area contributed by atoms with E-state index in [1.165, 1.54) is 11.3 Å². The number of hydrogen-bond acceptors (Lipinski definition) is 3. The highest BCUT2D eigenvalue weighted by molar-refractivity contribution is 7.12. The normalized spacial score (nSPS) is 21.3. The topological polar surface area (TPSA) is 46.3 Å². The summed E-state index contributed by atoms with van der Waals surface area (Å²) < 4.78 is 0. The second-order valence-corrected chi connectivity index (χ2v) is 5.84. The zero-order chi connectivity index (χ0) is 12.4. The zero-order valence-electron chi connectivity index (χ0n) is 10.3. The van der Waals surface area contributed by atoms with Gasteiger partial charge in [0.2, 0.25) is 0 Å². The van der Waals surface area contributed by atoms with E-state index in [9.17, 15) is 4.79 Å². The highest BCUT2D eigenvalue weighted by atomic mass is 35.5. The number of carbonyl (C=O) groups excluding carboxylic acids is 1. The third kappa shape index (κ3) is 3.18. The van der Waals surface area contributed by atoms with Gasteiger partial charge in [-0.25, -0.2) is 0 Å². The third-order valence-electron chi connectivity index (χ3n) is 3.23. The van der Waals surface area contributed by atoms with Crippen molar-refractivity contribution in [3.63, 3.8) is 0 Å². The summed E-state index contributed by atoms with van der Waals surface area (Å²) in [5.74, 6) is 0.0343. The van der Waals surface area contributed by atoms with E-state index in [2.05, 4.69) is 0 Å². The van der Waals surface area contributed by atoms with Crippen LogP contribution in [-0.2, 0) is 0 Å². The van der Waals surface area contributed by atoms with E-state index in [1.807, 2.05) is 17.2 Å². The molecule has 2 atom stereocenters. The molecule has 102 valence electrons. The quantitative estimate of drug-likeness (QED) is 0.912. The second kappa shape index (κ2) is 6.75. The molecule has 1 saturated heterocycles. The average molecular weight is 309 g/mol. The Labute approximate surface area is 123 Å². The van der Waals surface area contributed by atoms with E-state index in [4.69, 9.17) is 17.3 Å².